The maximum absolute atomic E-state index is 12.3. The summed E-state index contributed by atoms with van der Waals surface area (Å²) in [6, 6.07) is 10.4. The first-order valence-corrected chi connectivity index (χ1v) is 9.01. The molecule has 1 aliphatic carbocycles. The predicted octanol–water partition coefficient (Wildman–Crippen LogP) is 2.12. The molecule has 6 nitrogen and oxygen atoms in total. The molecule has 7 heteroatoms. The zero-order chi connectivity index (χ0) is 16.4. The van der Waals surface area contributed by atoms with Gasteiger partial charge in [0, 0.05) is 0 Å². The quantitative estimate of drug-likeness (QED) is 0.839. The average Bonchev–Trinajstić information content (AvgIpc) is 2.93. The summed E-state index contributed by atoms with van der Waals surface area (Å²) in [6.07, 6.45) is 3.93. The molecule has 1 unspecified atom stereocenters. The van der Waals surface area contributed by atoms with Crippen molar-refractivity contribution in [3.8, 4) is 0 Å². The normalized spacial score (nSPS) is 18.0. The van der Waals surface area contributed by atoms with E-state index in [1.165, 1.54) is 17.7 Å². The van der Waals surface area contributed by atoms with Gasteiger partial charge in [0.15, 0.2) is 5.76 Å². The highest BCUT2D eigenvalue weighted by molar-refractivity contribution is 7.89. The van der Waals surface area contributed by atoms with E-state index >= 15 is 0 Å². The number of furan rings is 1. The maximum Gasteiger partial charge on any atom is 0.287 e. The van der Waals surface area contributed by atoms with Gasteiger partial charge < -0.3 is 9.73 Å². The third kappa shape index (κ3) is 3.46. The first-order valence-electron chi connectivity index (χ1n) is 7.46. The summed E-state index contributed by atoms with van der Waals surface area (Å²) in [6.45, 7) is 0. The van der Waals surface area contributed by atoms with E-state index in [-0.39, 0.29) is 11.8 Å². The van der Waals surface area contributed by atoms with Crippen molar-refractivity contribution in [3.63, 3.8) is 0 Å². The first kappa shape index (κ1) is 15.8. The lowest BCUT2D eigenvalue weighted by Crippen LogP contribution is -2.28. The van der Waals surface area contributed by atoms with Gasteiger partial charge in [-0.3, -0.25) is 4.79 Å². The van der Waals surface area contributed by atoms with Crippen molar-refractivity contribution in [2.75, 3.05) is 0 Å². The molecular weight excluding hydrogens is 316 g/mol. The van der Waals surface area contributed by atoms with Crippen molar-refractivity contribution >= 4 is 15.9 Å². The smallest absolute Gasteiger partial charge is 0.287 e. The molecular formula is C16H18N2O4S. The topological polar surface area (TPSA) is 102 Å². The van der Waals surface area contributed by atoms with Crippen LogP contribution < -0.4 is 10.5 Å². The fraction of sp³-hybridized carbons (Fsp3) is 0.312. The van der Waals surface area contributed by atoms with Gasteiger partial charge in [0.25, 0.3) is 15.9 Å². The predicted molar refractivity (Wildman–Crippen MR) is 84.3 cm³/mol. The largest absolute Gasteiger partial charge is 0.438 e. The van der Waals surface area contributed by atoms with Gasteiger partial charge in [-0.15, -0.1) is 0 Å². The lowest BCUT2D eigenvalue weighted by molar-refractivity contribution is 0.0901. The third-order valence-electron chi connectivity index (χ3n) is 4.01. The van der Waals surface area contributed by atoms with Crippen LogP contribution in [0.5, 0.6) is 0 Å². The number of carbonyl (C=O) groups is 1. The second-order valence-corrected chi connectivity index (χ2v) is 7.13. The van der Waals surface area contributed by atoms with Gasteiger partial charge in [0.05, 0.1) is 6.04 Å². The van der Waals surface area contributed by atoms with E-state index in [2.05, 4.69) is 11.4 Å². The average molecular weight is 334 g/mol. The van der Waals surface area contributed by atoms with Crippen molar-refractivity contribution in [3.05, 3.63) is 53.3 Å². The number of rotatable bonds is 3. The van der Waals surface area contributed by atoms with E-state index < -0.39 is 21.0 Å². The Morgan fingerprint density at radius 1 is 1.17 bits per heavy atom. The Morgan fingerprint density at radius 2 is 1.96 bits per heavy atom. The van der Waals surface area contributed by atoms with Crippen molar-refractivity contribution < 1.29 is 17.6 Å². The SMILES string of the molecule is NS(=O)(=O)c1ccc(C(=O)NC2CCCCc3ccccc32)o1. The first-order chi connectivity index (χ1) is 10.9. The highest BCUT2D eigenvalue weighted by Gasteiger charge is 2.23. The van der Waals surface area contributed by atoms with Gasteiger partial charge in [-0.25, -0.2) is 13.6 Å². The van der Waals surface area contributed by atoms with E-state index in [1.54, 1.807) is 0 Å². The number of sulfonamides is 1. The van der Waals surface area contributed by atoms with Crippen molar-refractivity contribution in [1.82, 2.24) is 5.32 Å². The van der Waals surface area contributed by atoms with E-state index in [1.807, 2.05) is 18.2 Å². The highest BCUT2D eigenvalue weighted by atomic mass is 32.2. The van der Waals surface area contributed by atoms with Crippen LogP contribution in [0.1, 0.15) is 47.0 Å². The molecule has 122 valence electrons. The monoisotopic (exact) mass is 334 g/mol. The summed E-state index contributed by atoms with van der Waals surface area (Å²) < 4.78 is 27.5. The lowest BCUT2D eigenvalue weighted by atomic mass is 9.99. The number of primary sulfonamides is 1. The molecule has 1 heterocycles. The number of benzene rings is 1. The summed E-state index contributed by atoms with van der Waals surface area (Å²) in [5.74, 6) is -0.502. The number of nitrogens with one attached hydrogen (secondary N) is 1. The number of hydrogen-bond acceptors (Lipinski definition) is 4. The third-order valence-corrected chi connectivity index (χ3v) is 4.79. The van der Waals surface area contributed by atoms with Crippen LogP contribution in [0.2, 0.25) is 0 Å². The van der Waals surface area contributed by atoms with Crippen molar-refractivity contribution in [2.45, 2.75) is 36.8 Å². The summed E-state index contributed by atoms with van der Waals surface area (Å²) in [7, 11) is -3.95. The van der Waals surface area contributed by atoms with Crippen LogP contribution in [0.3, 0.4) is 0 Å². The number of carbonyl (C=O) groups excluding carboxylic acids is 1. The van der Waals surface area contributed by atoms with E-state index in [0.29, 0.717) is 0 Å². The molecule has 1 aliphatic rings. The van der Waals surface area contributed by atoms with Crippen LogP contribution in [-0.2, 0) is 16.4 Å². The Morgan fingerprint density at radius 3 is 2.70 bits per heavy atom. The molecule has 1 aromatic heterocycles. The Labute approximate surface area is 134 Å². The highest BCUT2D eigenvalue weighted by Crippen LogP contribution is 2.28. The Balaban J connectivity index is 1.81. The number of amides is 1. The summed E-state index contributed by atoms with van der Waals surface area (Å²) >= 11 is 0. The molecule has 0 saturated heterocycles. The second kappa shape index (κ2) is 6.17. The summed E-state index contributed by atoms with van der Waals surface area (Å²) in [5, 5.41) is 7.50. The van der Waals surface area contributed by atoms with Gasteiger partial charge in [0.1, 0.15) is 0 Å². The number of nitrogens with two attached hydrogens (primary N) is 1. The zero-order valence-corrected chi connectivity index (χ0v) is 13.3. The number of hydrogen-bond donors (Lipinski definition) is 2. The van der Waals surface area contributed by atoms with Gasteiger partial charge in [-0.2, -0.15) is 0 Å². The molecule has 1 atom stereocenters. The fourth-order valence-corrected chi connectivity index (χ4v) is 3.36. The second-order valence-electron chi connectivity index (χ2n) is 5.63. The van der Waals surface area contributed by atoms with Gasteiger partial charge in [0.2, 0.25) is 5.09 Å². The summed E-state index contributed by atoms with van der Waals surface area (Å²) in [4.78, 5) is 12.3. The molecule has 0 bridgehead atoms. The van der Waals surface area contributed by atoms with Crippen LogP contribution in [0.15, 0.2) is 45.9 Å². The molecule has 23 heavy (non-hydrogen) atoms. The van der Waals surface area contributed by atoms with Crippen LogP contribution >= 0.6 is 0 Å². The molecule has 3 rings (SSSR count). The van der Waals surface area contributed by atoms with Gasteiger partial charge in [-0.05, 0) is 42.5 Å². The van der Waals surface area contributed by atoms with E-state index in [4.69, 9.17) is 9.56 Å². The van der Waals surface area contributed by atoms with Crippen LogP contribution in [-0.4, -0.2) is 14.3 Å². The zero-order valence-electron chi connectivity index (χ0n) is 12.5. The maximum atomic E-state index is 12.3. The van der Waals surface area contributed by atoms with E-state index in [9.17, 15) is 13.2 Å². The van der Waals surface area contributed by atoms with Crippen molar-refractivity contribution in [1.29, 1.82) is 0 Å². The molecule has 0 saturated carbocycles. The molecule has 0 radical (unpaired) electrons. The molecule has 1 aromatic carbocycles. The van der Waals surface area contributed by atoms with Gasteiger partial charge in [-0.1, -0.05) is 30.7 Å². The minimum Gasteiger partial charge on any atom is -0.438 e. The number of aryl methyl sites for hydroxylation is 1. The molecule has 1 amide bonds. The minimum absolute atomic E-state index is 0.0595. The van der Waals surface area contributed by atoms with Crippen LogP contribution in [0.4, 0.5) is 0 Å². The Kier molecular flexibility index (Phi) is 4.23. The molecule has 0 fully saturated rings. The Bertz CT molecular complexity index is 826. The standard InChI is InChI=1S/C16H18N2O4S/c17-23(20,21)15-10-9-14(22-15)16(19)18-13-8-4-2-6-11-5-1-3-7-12(11)13/h1,3,5,7,9-10,13H,2,4,6,8H2,(H,18,19)(H2,17,20,21). The van der Waals surface area contributed by atoms with Crippen molar-refractivity contribution in [2.24, 2.45) is 5.14 Å². The number of fused-ring (bicyclic) bond motifs is 1. The molecule has 0 aliphatic heterocycles. The van der Waals surface area contributed by atoms with E-state index in [0.717, 1.165) is 31.2 Å². The lowest BCUT2D eigenvalue weighted by Gasteiger charge is -2.18. The molecule has 2 aromatic rings. The minimum atomic E-state index is -3.95. The summed E-state index contributed by atoms with van der Waals surface area (Å²) in [5.41, 5.74) is 2.34. The van der Waals surface area contributed by atoms with Crippen LogP contribution in [0.25, 0.3) is 0 Å². The molecule has 0 spiro atoms. The van der Waals surface area contributed by atoms with Gasteiger partial charge >= 0.3 is 0 Å². The Hall–Kier alpha value is -2.12. The van der Waals surface area contributed by atoms with Crippen LogP contribution in [0, 0.1) is 0 Å². The fourth-order valence-electron chi connectivity index (χ4n) is 2.90. The molecule has 3 N–H and O–H groups in total.